The molecule has 1 aliphatic rings. The molecular formula is C19H32N4O11. The van der Waals surface area contributed by atoms with Gasteiger partial charge in [-0.05, 0) is 20.3 Å². The first-order valence-corrected chi connectivity index (χ1v) is 10.4. The number of carbonyl (C=O) groups is 5. The molecule has 0 radical (unpaired) electrons. The molecule has 194 valence electrons. The summed E-state index contributed by atoms with van der Waals surface area (Å²) < 4.78 is 10.6. The van der Waals surface area contributed by atoms with Gasteiger partial charge in [0.05, 0.1) is 6.61 Å². The number of aliphatic hydroxyl groups excluding tert-OH is 3. The lowest BCUT2D eigenvalue weighted by Crippen LogP contribution is -2.65. The van der Waals surface area contributed by atoms with E-state index in [0.717, 1.165) is 6.92 Å². The van der Waals surface area contributed by atoms with E-state index in [2.05, 4.69) is 16.0 Å². The minimum absolute atomic E-state index is 0.239. The average Bonchev–Trinajstić information content (AvgIpc) is 2.74. The van der Waals surface area contributed by atoms with E-state index in [0.29, 0.717) is 0 Å². The summed E-state index contributed by atoms with van der Waals surface area (Å²) in [5.41, 5.74) is 5.16. The zero-order chi connectivity index (χ0) is 26.2. The molecule has 2 unspecified atom stereocenters. The molecule has 0 bridgehead atoms. The van der Waals surface area contributed by atoms with E-state index in [-0.39, 0.29) is 6.42 Å². The molecule has 1 aliphatic heterocycles. The van der Waals surface area contributed by atoms with Gasteiger partial charge in [-0.1, -0.05) is 0 Å². The third-order valence-electron chi connectivity index (χ3n) is 5.03. The number of carboxylic acids is 1. The summed E-state index contributed by atoms with van der Waals surface area (Å²) in [4.78, 5) is 58.4. The van der Waals surface area contributed by atoms with Crippen molar-refractivity contribution in [1.82, 2.24) is 16.0 Å². The van der Waals surface area contributed by atoms with Gasteiger partial charge in [0.15, 0.2) is 6.29 Å². The highest BCUT2D eigenvalue weighted by molar-refractivity contribution is 5.92. The molecule has 0 saturated carbocycles. The molecule has 1 saturated heterocycles. The van der Waals surface area contributed by atoms with Crippen molar-refractivity contribution in [3.8, 4) is 0 Å². The molecule has 4 amide bonds. The molecule has 0 aromatic rings. The number of carboxylic acid groups (broad SMARTS) is 1. The van der Waals surface area contributed by atoms with Gasteiger partial charge >= 0.3 is 5.97 Å². The summed E-state index contributed by atoms with van der Waals surface area (Å²) in [6.07, 6.45) is -7.74. The second-order valence-corrected chi connectivity index (χ2v) is 7.83. The first-order valence-electron chi connectivity index (χ1n) is 10.4. The fourth-order valence-corrected chi connectivity index (χ4v) is 3.18. The van der Waals surface area contributed by atoms with Crippen molar-refractivity contribution < 1.29 is 53.9 Å². The minimum Gasteiger partial charge on any atom is -0.481 e. The van der Waals surface area contributed by atoms with Crippen LogP contribution in [0, 0.1) is 0 Å². The van der Waals surface area contributed by atoms with Gasteiger partial charge in [-0.2, -0.15) is 0 Å². The van der Waals surface area contributed by atoms with Crippen LogP contribution in [-0.4, -0.2) is 105 Å². The molecule has 15 nitrogen and oxygen atoms in total. The fraction of sp³-hybridized carbons (Fsp3) is 0.737. The van der Waals surface area contributed by atoms with Gasteiger partial charge < -0.3 is 51.6 Å². The van der Waals surface area contributed by atoms with E-state index in [4.69, 9.17) is 20.3 Å². The van der Waals surface area contributed by atoms with Crippen molar-refractivity contribution in [3.63, 3.8) is 0 Å². The van der Waals surface area contributed by atoms with E-state index in [1.165, 1.54) is 13.8 Å². The zero-order valence-corrected chi connectivity index (χ0v) is 19.0. The molecular weight excluding hydrogens is 460 g/mol. The largest absolute Gasteiger partial charge is 0.481 e. The Kier molecular flexibility index (Phi) is 11.3. The Morgan fingerprint density at radius 3 is 2.21 bits per heavy atom. The van der Waals surface area contributed by atoms with Gasteiger partial charge in [0.25, 0.3) is 0 Å². The van der Waals surface area contributed by atoms with E-state index in [9.17, 15) is 39.3 Å². The highest BCUT2D eigenvalue weighted by Gasteiger charge is 2.47. The summed E-state index contributed by atoms with van der Waals surface area (Å²) in [6.45, 7) is 3.06. The highest BCUT2D eigenvalue weighted by atomic mass is 16.6. The number of aliphatic carboxylic acids is 1. The van der Waals surface area contributed by atoms with Crippen molar-refractivity contribution in [2.45, 2.75) is 82.4 Å². The van der Waals surface area contributed by atoms with Gasteiger partial charge in [0.2, 0.25) is 23.6 Å². The summed E-state index contributed by atoms with van der Waals surface area (Å²) in [5.74, 6) is -4.34. The Hall–Kier alpha value is -2.85. The summed E-state index contributed by atoms with van der Waals surface area (Å²) >= 11 is 0. The first kappa shape index (κ1) is 29.2. The van der Waals surface area contributed by atoms with Crippen molar-refractivity contribution in [2.24, 2.45) is 5.73 Å². The molecule has 1 fully saturated rings. The molecule has 15 heteroatoms. The Morgan fingerprint density at radius 1 is 1.09 bits per heavy atom. The lowest BCUT2D eigenvalue weighted by Gasteiger charge is -2.43. The number of carbonyl (C=O) groups excluding carboxylic acids is 4. The molecule has 1 heterocycles. The lowest BCUT2D eigenvalue weighted by molar-refractivity contribution is -0.266. The van der Waals surface area contributed by atoms with Crippen LogP contribution in [0.5, 0.6) is 0 Å². The molecule has 0 aromatic heterocycles. The molecule has 8 atom stereocenters. The van der Waals surface area contributed by atoms with E-state index >= 15 is 0 Å². The Bertz CT molecular complexity index is 765. The monoisotopic (exact) mass is 492 g/mol. The highest BCUT2D eigenvalue weighted by Crippen LogP contribution is 2.23. The number of aliphatic hydroxyl groups is 3. The predicted molar refractivity (Wildman–Crippen MR) is 112 cm³/mol. The van der Waals surface area contributed by atoms with Gasteiger partial charge in [0, 0.05) is 13.3 Å². The van der Waals surface area contributed by atoms with Gasteiger partial charge in [-0.3, -0.25) is 24.0 Å². The number of amides is 4. The summed E-state index contributed by atoms with van der Waals surface area (Å²) in [7, 11) is 0. The molecule has 9 N–H and O–H groups in total. The van der Waals surface area contributed by atoms with Crippen molar-refractivity contribution in [3.05, 3.63) is 0 Å². The van der Waals surface area contributed by atoms with E-state index < -0.39 is 91.5 Å². The number of hydrogen-bond acceptors (Lipinski definition) is 10. The van der Waals surface area contributed by atoms with Crippen LogP contribution in [0.3, 0.4) is 0 Å². The molecule has 1 rings (SSSR count). The van der Waals surface area contributed by atoms with Gasteiger partial charge in [-0.15, -0.1) is 0 Å². The fourth-order valence-electron chi connectivity index (χ4n) is 3.18. The van der Waals surface area contributed by atoms with Crippen molar-refractivity contribution in [1.29, 1.82) is 0 Å². The lowest BCUT2D eigenvalue weighted by atomic mass is 9.96. The van der Waals surface area contributed by atoms with Crippen LogP contribution in [-0.2, 0) is 33.4 Å². The second kappa shape index (κ2) is 13.1. The third kappa shape index (κ3) is 8.49. The predicted octanol–water partition coefficient (Wildman–Crippen LogP) is -4.33. The zero-order valence-electron chi connectivity index (χ0n) is 19.0. The van der Waals surface area contributed by atoms with Crippen LogP contribution in [0.1, 0.15) is 33.6 Å². The van der Waals surface area contributed by atoms with Crippen molar-refractivity contribution >= 4 is 29.6 Å². The summed E-state index contributed by atoms with van der Waals surface area (Å²) in [5, 5.41) is 45.5. The number of hydrogen-bond donors (Lipinski definition) is 8. The van der Waals surface area contributed by atoms with Crippen LogP contribution in [0.2, 0.25) is 0 Å². The Balaban J connectivity index is 2.80. The Morgan fingerprint density at radius 2 is 1.71 bits per heavy atom. The SMILES string of the molecule is CC(=O)N[C@@H]1C(OC(C)C(=O)N[C@@H](C)C(=O)N[C@@H](CCC(=O)O)C(N)=O)[C@H](O)[C@@H](CO)O[C@@H]1O. The van der Waals surface area contributed by atoms with Crippen LogP contribution in [0.25, 0.3) is 0 Å². The standard InChI is InChI=1S/C19H32N4O11/c1-7(17(30)23-10(16(20)29)4-5-12(26)27)21-18(31)8(2)33-15-13(22-9(3)25)19(32)34-11(6-24)14(15)28/h7-8,10-11,13-15,19,24,28,32H,4-6H2,1-3H3,(H2,20,29)(H,21,31)(H,22,25)(H,23,30)(H,26,27)/t7-,8?,10-,11+,13+,14+,15?,19-/m0/s1. The van der Waals surface area contributed by atoms with Crippen LogP contribution >= 0.6 is 0 Å². The summed E-state index contributed by atoms with van der Waals surface area (Å²) in [6, 6.07) is -3.71. The molecule has 34 heavy (non-hydrogen) atoms. The van der Waals surface area contributed by atoms with Crippen LogP contribution < -0.4 is 21.7 Å². The maximum atomic E-state index is 12.5. The molecule has 0 aliphatic carbocycles. The number of ether oxygens (including phenoxy) is 2. The van der Waals surface area contributed by atoms with E-state index in [1.807, 2.05) is 0 Å². The maximum Gasteiger partial charge on any atom is 0.303 e. The number of nitrogens with one attached hydrogen (secondary N) is 3. The second-order valence-electron chi connectivity index (χ2n) is 7.83. The minimum atomic E-state index is -1.65. The topological polar surface area (TPSA) is 247 Å². The number of nitrogens with two attached hydrogens (primary N) is 1. The average molecular weight is 492 g/mol. The smallest absolute Gasteiger partial charge is 0.303 e. The normalized spacial score (nSPS) is 27.1. The van der Waals surface area contributed by atoms with Gasteiger partial charge in [0.1, 0.15) is 42.5 Å². The first-order chi connectivity index (χ1) is 15.8. The Labute approximate surface area is 195 Å². The van der Waals surface area contributed by atoms with Crippen LogP contribution in [0.4, 0.5) is 0 Å². The quantitative estimate of drug-likeness (QED) is 0.129. The maximum absolute atomic E-state index is 12.5. The van der Waals surface area contributed by atoms with Crippen LogP contribution in [0.15, 0.2) is 0 Å². The molecule has 0 spiro atoms. The number of rotatable bonds is 12. The molecule has 0 aromatic carbocycles. The van der Waals surface area contributed by atoms with E-state index in [1.54, 1.807) is 0 Å². The third-order valence-corrected chi connectivity index (χ3v) is 5.03. The van der Waals surface area contributed by atoms with Crippen molar-refractivity contribution in [2.75, 3.05) is 6.61 Å². The number of primary amides is 1. The van der Waals surface area contributed by atoms with Gasteiger partial charge in [-0.25, -0.2) is 0 Å².